The van der Waals surface area contributed by atoms with E-state index in [0.29, 0.717) is 5.69 Å². The number of para-hydroxylation sites is 2. The molecule has 3 amide bonds. The van der Waals surface area contributed by atoms with E-state index in [1.165, 1.54) is 24.3 Å². The van der Waals surface area contributed by atoms with E-state index in [1.54, 1.807) is 24.3 Å². The molecule has 2 fully saturated rings. The van der Waals surface area contributed by atoms with Crippen LogP contribution in [0.15, 0.2) is 78.9 Å². The second-order valence-electron chi connectivity index (χ2n) is 9.07. The molecule has 4 atom stereocenters. The van der Waals surface area contributed by atoms with Gasteiger partial charge < -0.3 is 10.2 Å². The Bertz CT molecular complexity index is 1500. The summed E-state index contributed by atoms with van der Waals surface area (Å²) in [6.45, 7) is 0. The van der Waals surface area contributed by atoms with Gasteiger partial charge in [0.05, 0.1) is 33.5 Å². The zero-order valence-corrected chi connectivity index (χ0v) is 19.9. The SMILES string of the molecule is O=C(Nc1ccc([N+](=O)[O-])cc1)C1C2C(=O)N(c3ccccc3Cl)C(=O)C2C2C=Cc3ccccc3N21. The van der Waals surface area contributed by atoms with E-state index in [0.717, 1.165) is 16.2 Å². The number of rotatable bonds is 4. The van der Waals surface area contributed by atoms with Crippen molar-refractivity contribution in [2.45, 2.75) is 12.1 Å². The smallest absolute Gasteiger partial charge is 0.269 e. The molecule has 3 heterocycles. The lowest BCUT2D eigenvalue weighted by molar-refractivity contribution is -0.384. The second-order valence-corrected chi connectivity index (χ2v) is 9.48. The van der Waals surface area contributed by atoms with Crippen LogP contribution in [0.1, 0.15) is 5.56 Å². The van der Waals surface area contributed by atoms with E-state index < -0.39 is 46.6 Å². The van der Waals surface area contributed by atoms with Gasteiger partial charge in [-0.3, -0.25) is 24.5 Å². The molecule has 4 unspecified atom stereocenters. The van der Waals surface area contributed by atoms with Crippen molar-refractivity contribution in [3.8, 4) is 0 Å². The monoisotopic (exact) mass is 514 g/mol. The van der Waals surface area contributed by atoms with Crippen LogP contribution in [0, 0.1) is 22.0 Å². The molecule has 9 nitrogen and oxygen atoms in total. The molecule has 3 aromatic rings. The van der Waals surface area contributed by atoms with Crippen LogP contribution in [0.25, 0.3) is 6.08 Å². The Morgan fingerprint density at radius 2 is 1.54 bits per heavy atom. The number of hydrogen-bond acceptors (Lipinski definition) is 6. The number of nitro groups is 1. The van der Waals surface area contributed by atoms with Crippen LogP contribution in [0.2, 0.25) is 5.02 Å². The number of amides is 3. The first kappa shape index (κ1) is 22.9. The van der Waals surface area contributed by atoms with Crippen LogP contribution < -0.4 is 15.1 Å². The van der Waals surface area contributed by atoms with Gasteiger partial charge in [0.1, 0.15) is 6.04 Å². The number of anilines is 3. The summed E-state index contributed by atoms with van der Waals surface area (Å²) in [4.78, 5) is 54.8. The lowest BCUT2D eigenvalue weighted by Crippen LogP contribution is -2.50. The number of carbonyl (C=O) groups is 3. The summed E-state index contributed by atoms with van der Waals surface area (Å²) < 4.78 is 0. The lowest BCUT2D eigenvalue weighted by Gasteiger charge is -2.36. The Hall–Kier alpha value is -4.50. The number of nitrogens with one attached hydrogen (secondary N) is 1. The minimum atomic E-state index is -1.000. The number of nitrogens with zero attached hydrogens (tertiary/aromatic N) is 3. The normalized spacial score (nSPS) is 23.5. The molecular formula is C27H19ClN4O5. The average Bonchev–Trinajstić information content (AvgIpc) is 3.37. The number of benzene rings is 3. The third-order valence-electron chi connectivity index (χ3n) is 7.12. The van der Waals surface area contributed by atoms with Crippen molar-refractivity contribution in [2.24, 2.45) is 11.8 Å². The minimum Gasteiger partial charge on any atom is -0.351 e. The summed E-state index contributed by atoms with van der Waals surface area (Å²) in [6.07, 6.45) is 3.76. The zero-order valence-electron chi connectivity index (χ0n) is 19.2. The number of carbonyl (C=O) groups excluding carboxylic acids is 3. The molecule has 10 heteroatoms. The summed E-state index contributed by atoms with van der Waals surface area (Å²) in [5.74, 6) is -3.14. The van der Waals surface area contributed by atoms with Crippen molar-refractivity contribution in [3.63, 3.8) is 0 Å². The third kappa shape index (κ3) is 3.50. The summed E-state index contributed by atoms with van der Waals surface area (Å²) in [6, 6.07) is 18.0. The molecule has 37 heavy (non-hydrogen) atoms. The van der Waals surface area contributed by atoms with Gasteiger partial charge in [-0.1, -0.05) is 54.1 Å². The molecule has 0 aromatic heterocycles. The fourth-order valence-electron chi connectivity index (χ4n) is 5.57. The summed E-state index contributed by atoms with van der Waals surface area (Å²) >= 11 is 6.34. The number of nitro benzene ring substituents is 1. The van der Waals surface area contributed by atoms with Gasteiger partial charge in [0, 0.05) is 23.5 Å². The Kier molecular flexibility index (Phi) is 5.31. The number of fused-ring (bicyclic) bond motifs is 5. The Balaban J connectivity index is 1.42. The highest BCUT2D eigenvalue weighted by atomic mass is 35.5. The molecule has 3 aromatic carbocycles. The first-order valence-corrected chi connectivity index (χ1v) is 12.0. The first-order valence-electron chi connectivity index (χ1n) is 11.6. The third-order valence-corrected chi connectivity index (χ3v) is 7.44. The van der Waals surface area contributed by atoms with Crippen LogP contribution >= 0.6 is 11.6 Å². The molecule has 0 aliphatic carbocycles. The van der Waals surface area contributed by atoms with Gasteiger partial charge in [0.2, 0.25) is 17.7 Å². The number of imide groups is 1. The van der Waals surface area contributed by atoms with E-state index in [1.807, 2.05) is 41.3 Å². The fourth-order valence-corrected chi connectivity index (χ4v) is 5.79. The topological polar surface area (TPSA) is 113 Å². The van der Waals surface area contributed by atoms with Crippen LogP contribution in [0.4, 0.5) is 22.7 Å². The van der Waals surface area contributed by atoms with Crippen molar-refractivity contribution in [1.82, 2.24) is 0 Å². The highest BCUT2D eigenvalue weighted by molar-refractivity contribution is 6.36. The van der Waals surface area contributed by atoms with Crippen molar-refractivity contribution < 1.29 is 19.3 Å². The number of non-ortho nitro benzene ring substituents is 1. The number of halogens is 1. The van der Waals surface area contributed by atoms with Gasteiger partial charge in [-0.2, -0.15) is 0 Å². The van der Waals surface area contributed by atoms with E-state index in [2.05, 4.69) is 5.32 Å². The maximum absolute atomic E-state index is 13.8. The molecule has 6 rings (SSSR count). The Labute approximate surface area is 216 Å². The summed E-state index contributed by atoms with van der Waals surface area (Å²) in [7, 11) is 0. The van der Waals surface area contributed by atoms with E-state index in [4.69, 9.17) is 11.6 Å². The van der Waals surface area contributed by atoms with Crippen LogP contribution in [-0.2, 0) is 14.4 Å². The molecule has 0 radical (unpaired) electrons. The zero-order chi connectivity index (χ0) is 25.8. The van der Waals surface area contributed by atoms with Crippen molar-refractivity contribution >= 4 is 58.1 Å². The van der Waals surface area contributed by atoms with Gasteiger partial charge in [-0.15, -0.1) is 0 Å². The Morgan fingerprint density at radius 1 is 0.892 bits per heavy atom. The molecule has 3 aliphatic rings. The molecule has 0 bridgehead atoms. The molecule has 0 spiro atoms. The fraction of sp³-hybridized carbons (Fsp3) is 0.148. The van der Waals surface area contributed by atoms with Crippen molar-refractivity contribution in [1.29, 1.82) is 0 Å². The molecule has 2 saturated heterocycles. The highest BCUT2D eigenvalue weighted by Gasteiger charge is 2.64. The second kappa shape index (κ2) is 8.56. The number of hydrogen-bond donors (Lipinski definition) is 1. The van der Waals surface area contributed by atoms with Crippen LogP contribution in [0.3, 0.4) is 0 Å². The summed E-state index contributed by atoms with van der Waals surface area (Å²) in [5.41, 5.74) is 2.14. The quantitative estimate of drug-likeness (QED) is 0.316. The van der Waals surface area contributed by atoms with E-state index in [9.17, 15) is 24.5 Å². The van der Waals surface area contributed by atoms with Crippen LogP contribution in [0.5, 0.6) is 0 Å². The van der Waals surface area contributed by atoms with Gasteiger partial charge in [-0.05, 0) is 35.9 Å². The van der Waals surface area contributed by atoms with Gasteiger partial charge in [0.15, 0.2) is 0 Å². The average molecular weight is 515 g/mol. The van der Waals surface area contributed by atoms with Crippen LogP contribution in [-0.4, -0.2) is 34.7 Å². The highest BCUT2D eigenvalue weighted by Crippen LogP contribution is 2.49. The van der Waals surface area contributed by atoms with E-state index >= 15 is 0 Å². The molecule has 184 valence electrons. The minimum absolute atomic E-state index is 0.110. The largest absolute Gasteiger partial charge is 0.351 e. The molecule has 3 aliphatic heterocycles. The van der Waals surface area contributed by atoms with Gasteiger partial charge in [0.25, 0.3) is 5.69 Å². The predicted molar refractivity (Wildman–Crippen MR) is 138 cm³/mol. The molecule has 1 N–H and O–H groups in total. The van der Waals surface area contributed by atoms with Crippen molar-refractivity contribution in [2.75, 3.05) is 15.1 Å². The van der Waals surface area contributed by atoms with Crippen molar-refractivity contribution in [3.05, 3.63) is 99.6 Å². The standard InChI is InChI=1S/C27H19ClN4O5/c28-18-6-2-4-8-20(18)31-26(34)22-21-14-9-15-5-1-3-7-19(15)30(21)24(23(22)27(31)35)25(33)29-16-10-12-17(13-11-16)32(36)37/h1-14,21-24H,(H,29,33). The Morgan fingerprint density at radius 3 is 2.24 bits per heavy atom. The lowest BCUT2D eigenvalue weighted by atomic mass is 9.88. The predicted octanol–water partition coefficient (Wildman–Crippen LogP) is 4.28. The molecular weight excluding hydrogens is 496 g/mol. The first-order chi connectivity index (χ1) is 17.9. The van der Waals surface area contributed by atoms with Gasteiger partial charge >= 0.3 is 0 Å². The maximum Gasteiger partial charge on any atom is 0.269 e. The summed E-state index contributed by atoms with van der Waals surface area (Å²) in [5, 5.41) is 14.1. The van der Waals surface area contributed by atoms with Gasteiger partial charge in [-0.25, -0.2) is 4.90 Å². The molecule has 0 saturated carbocycles. The maximum atomic E-state index is 13.8. The van der Waals surface area contributed by atoms with E-state index in [-0.39, 0.29) is 16.4 Å².